The second-order valence-electron chi connectivity index (χ2n) is 10.1. The summed E-state index contributed by atoms with van der Waals surface area (Å²) in [6.45, 7) is 9.97. The highest BCUT2D eigenvalue weighted by Gasteiger charge is 2.27. The Morgan fingerprint density at radius 2 is 1.82 bits per heavy atom. The lowest BCUT2D eigenvalue weighted by molar-refractivity contribution is 0.0492. The number of aromatic nitrogens is 4. The molecule has 2 unspecified atom stereocenters. The third-order valence-corrected chi connectivity index (χ3v) is 5.76. The van der Waals surface area contributed by atoms with Crippen LogP contribution in [-0.4, -0.2) is 42.5 Å². The Labute approximate surface area is 193 Å². The maximum Gasteiger partial charge on any atom is 0.407 e. The quantitative estimate of drug-likeness (QED) is 0.664. The second-order valence-corrected chi connectivity index (χ2v) is 10.1. The molecule has 0 bridgehead atoms. The Kier molecular flexibility index (Phi) is 7.04. The third-order valence-electron chi connectivity index (χ3n) is 5.76. The van der Waals surface area contributed by atoms with Gasteiger partial charge in [-0.1, -0.05) is 11.6 Å². The molecule has 33 heavy (non-hydrogen) atoms. The van der Waals surface area contributed by atoms with Gasteiger partial charge in [-0.25, -0.2) is 9.59 Å². The van der Waals surface area contributed by atoms with Crippen LogP contribution in [-0.2, 0) is 25.4 Å². The van der Waals surface area contributed by atoms with Crippen molar-refractivity contribution in [3.63, 3.8) is 0 Å². The van der Waals surface area contributed by atoms with Gasteiger partial charge in [0, 0.05) is 32.7 Å². The minimum atomic E-state index is -0.547. The number of hydrogen-bond donors (Lipinski definition) is 2. The molecular weight excluding hydrogens is 424 g/mol. The fourth-order valence-electron chi connectivity index (χ4n) is 4.12. The third kappa shape index (κ3) is 5.66. The van der Waals surface area contributed by atoms with Gasteiger partial charge in [0.1, 0.15) is 5.60 Å². The van der Waals surface area contributed by atoms with Crippen LogP contribution in [0.25, 0.3) is 11.2 Å². The van der Waals surface area contributed by atoms with Crippen molar-refractivity contribution in [1.29, 1.82) is 0 Å². The zero-order valence-electron chi connectivity index (χ0n) is 20.7. The fraction of sp³-hybridized carbons (Fsp3) is 0.652. The van der Waals surface area contributed by atoms with E-state index in [1.165, 1.54) is 11.6 Å². The van der Waals surface area contributed by atoms with E-state index in [1.807, 2.05) is 45.3 Å². The molecule has 1 aliphatic carbocycles. The second kappa shape index (κ2) is 9.44. The van der Waals surface area contributed by atoms with Gasteiger partial charge in [-0.2, -0.15) is 4.98 Å². The minimum Gasteiger partial charge on any atom is -0.444 e. The largest absolute Gasteiger partial charge is 0.444 e. The van der Waals surface area contributed by atoms with Crippen molar-refractivity contribution in [2.24, 2.45) is 14.1 Å². The number of carbonyl (C=O) groups is 1. The van der Waals surface area contributed by atoms with E-state index < -0.39 is 17.4 Å². The van der Waals surface area contributed by atoms with E-state index in [0.717, 1.165) is 29.4 Å². The van der Waals surface area contributed by atoms with Gasteiger partial charge in [-0.05, 0) is 60.3 Å². The lowest BCUT2D eigenvalue weighted by Gasteiger charge is -2.31. The highest BCUT2D eigenvalue weighted by molar-refractivity contribution is 5.74. The summed E-state index contributed by atoms with van der Waals surface area (Å²) in [4.78, 5) is 42.2. The number of nitrogens with one attached hydrogen (secondary N) is 2. The summed E-state index contributed by atoms with van der Waals surface area (Å²) in [5.41, 5.74) is 0.526. The molecule has 0 saturated heterocycles. The van der Waals surface area contributed by atoms with Gasteiger partial charge in [0.2, 0.25) is 5.95 Å². The highest BCUT2D eigenvalue weighted by Crippen LogP contribution is 2.24. The van der Waals surface area contributed by atoms with Crippen LogP contribution in [0.2, 0.25) is 0 Å². The number of imidazole rings is 1. The van der Waals surface area contributed by atoms with Crippen LogP contribution in [0.1, 0.15) is 60.3 Å². The molecular formula is C23H36N6O4. The normalized spacial score (nSPS) is 18.8. The molecule has 10 heteroatoms. The summed E-state index contributed by atoms with van der Waals surface area (Å²) in [6.07, 6.45) is 5.04. The van der Waals surface area contributed by atoms with E-state index in [9.17, 15) is 14.4 Å². The Morgan fingerprint density at radius 1 is 1.15 bits per heavy atom. The van der Waals surface area contributed by atoms with Crippen LogP contribution in [0.3, 0.4) is 0 Å². The molecule has 182 valence electrons. The van der Waals surface area contributed by atoms with Gasteiger partial charge < -0.3 is 19.9 Å². The summed E-state index contributed by atoms with van der Waals surface area (Å²) in [5, 5.41) is 6.44. The van der Waals surface area contributed by atoms with E-state index in [-0.39, 0.29) is 17.6 Å². The number of alkyl carbamates (subject to hydrolysis) is 1. The standard InChI is InChI=1S/C23H36N6O4/c1-14(2)11-12-29-17-18(27(6)22(32)28(7)19(17)30)26-20(29)24-15-9-8-10-16(13-15)25-21(31)33-23(3,4)5/h11,15-16H,8-10,12-13H2,1-7H3,(H,24,26)(H,25,31). The molecule has 2 aromatic rings. The molecule has 2 heterocycles. The molecule has 0 spiro atoms. The van der Waals surface area contributed by atoms with E-state index in [4.69, 9.17) is 4.74 Å². The zero-order valence-corrected chi connectivity index (χ0v) is 20.7. The Hall–Kier alpha value is -3.04. The number of carbonyl (C=O) groups excluding carboxylic acids is 1. The molecule has 0 radical (unpaired) electrons. The first-order valence-electron chi connectivity index (χ1n) is 11.4. The van der Waals surface area contributed by atoms with Gasteiger partial charge in [-0.3, -0.25) is 13.9 Å². The van der Waals surface area contributed by atoms with Gasteiger partial charge in [0.15, 0.2) is 11.2 Å². The number of amides is 1. The number of hydrogen-bond acceptors (Lipinski definition) is 6. The predicted octanol–water partition coefficient (Wildman–Crippen LogP) is 2.65. The molecule has 0 aliphatic heterocycles. The van der Waals surface area contributed by atoms with E-state index >= 15 is 0 Å². The van der Waals surface area contributed by atoms with Crippen LogP contribution in [0.4, 0.5) is 10.7 Å². The van der Waals surface area contributed by atoms with Crippen molar-refractivity contribution in [3.05, 3.63) is 32.5 Å². The Morgan fingerprint density at radius 3 is 2.45 bits per heavy atom. The fourth-order valence-corrected chi connectivity index (χ4v) is 4.12. The first-order valence-corrected chi connectivity index (χ1v) is 11.4. The lowest BCUT2D eigenvalue weighted by atomic mass is 9.91. The number of allylic oxidation sites excluding steroid dienone is 2. The molecule has 1 fully saturated rings. The maximum atomic E-state index is 12.9. The summed E-state index contributed by atoms with van der Waals surface area (Å²) < 4.78 is 9.72. The van der Waals surface area contributed by atoms with E-state index in [1.54, 1.807) is 7.05 Å². The van der Waals surface area contributed by atoms with E-state index in [0.29, 0.717) is 30.1 Å². The zero-order chi connectivity index (χ0) is 24.5. The predicted molar refractivity (Wildman–Crippen MR) is 129 cm³/mol. The van der Waals surface area contributed by atoms with Crippen molar-refractivity contribution in [3.8, 4) is 0 Å². The molecule has 3 rings (SSSR count). The first kappa shape index (κ1) is 24.6. The summed E-state index contributed by atoms with van der Waals surface area (Å²) in [7, 11) is 3.09. The van der Waals surface area contributed by atoms with Gasteiger partial charge in [-0.15, -0.1) is 0 Å². The highest BCUT2D eigenvalue weighted by atomic mass is 16.6. The first-order chi connectivity index (χ1) is 15.4. The maximum absolute atomic E-state index is 12.9. The molecule has 1 saturated carbocycles. The van der Waals surface area contributed by atoms with Gasteiger partial charge in [0.05, 0.1) is 0 Å². The number of ether oxygens (including phenoxy) is 1. The lowest BCUT2D eigenvalue weighted by Crippen LogP contribution is -2.44. The topological polar surface area (TPSA) is 112 Å². The number of anilines is 1. The number of fused-ring (bicyclic) bond motifs is 1. The number of rotatable bonds is 5. The van der Waals surface area contributed by atoms with Crippen LogP contribution in [0.15, 0.2) is 21.2 Å². The van der Waals surface area contributed by atoms with Gasteiger partial charge in [0.25, 0.3) is 5.56 Å². The molecule has 2 atom stereocenters. The molecule has 1 aliphatic rings. The average Bonchev–Trinajstić information content (AvgIpc) is 3.06. The smallest absolute Gasteiger partial charge is 0.407 e. The van der Waals surface area contributed by atoms with Gasteiger partial charge >= 0.3 is 11.8 Å². The molecule has 2 N–H and O–H groups in total. The summed E-state index contributed by atoms with van der Waals surface area (Å²) in [5.74, 6) is 0.545. The minimum absolute atomic E-state index is 0.0149. The summed E-state index contributed by atoms with van der Waals surface area (Å²) >= 11 is 0. The monoisotopic (exact) mass is 460 g/mol. The molecule has 10 nitrogen and oxygen atoms in total. The van der Waals surface area contributed by atoms with Crippen LogP contribution < -0.4 is 21.9 Å². The van der Waals surface area contributed by atoms with Crippen molar-refractivity contribution in [2.75, 3.05) is 5.32 Å². The Balaban J connectivity index is 1.89. The van der Waals surface area contributed by atoms with Crippen molar-refractivity contribution < 1.29 is 9.53 Å². The molecule has 2 aromatic heterocycles. The van der Waals surface area contributed by atoms with Crippen molar-refractivity contribution >= 4 is 23.2 Å². The molecule has 1 amide bonds. The Bertz CT molecular complexity index is 1180. The molecule has 0 aromatic carbocycles. The average molecular weight is 461 g/mol. The van der Waals surface area contributed by atoms with Crippen LogP contribution >= 0.6 is 0 Å². The van der Waals surface area contributed by atoms with Crippen LogP contribution in [0.5, 0.6) is 0 Å². The van der Waals surface area contributed by atoms with Crippen LogP contribution in [0, 0.1) is 0 Å². The number of aryl methyl sites for hydroxylation is 1. The van der Waals surface area contributed by atoms with Crippen molar-refractivity contribution in [2.45, 2.75) is 84.5 Å². The van der Waals surface area contributed by atoms with E-state index in [2.05, 4.69) is 15.6 Å². The summed E-state index contributed by atoms with van der Waals surface area (Å²) in [6, 6.07) is 0.0424. The SMILES string of the molecule is CC(C)=CCn1c(NC2CCCC(NC(=O)OC(C)(C)C)C2)nc2c1c(=O)n(C)c(=O)n2C. The van der Waals surface area contributed by atoms with Crippen molar-refractivity contribution in [1.82, 2.24) is 24.0 Å². The number of nitrogens with zero attached hydrogens (tertiary/aromatic N) is 4.